The Morgan fingerprint density at radius 3 is 2.65 bits per heavy atom. The molecule has 1 aromatic carbocycles. The molecule has 1 rings (SSSR count). The van der Waals surface area contributed by atoms with Gasteiger partial charge in [0.1, 0.15) is 5.82 Å². The van der Waals surface area contributed by atoms with Crippen molar-refractivity contribution < 1.29 is 9.18 Å². The van der Waals surface area contributed by atoms with Crippen molar-refractivity contribution in [2.75, 3.05) is 6.54 Å². The number of benzene rings is 1. The lowest BCUT2D eigenvalue weighted by molar-refractivity contribution is 0.0930. The molecule has 0 aromatic heterocycles. The molecule has 0 aliphatic heterocycles. The first-order chi connectivity index (χ1) is 9.35. The number of nitrogens with one attached hydrogen (secondary N) is 1. The van der Waals surface area contributed by atoms with Crippen LogP contribution in [-0.2, 0) is 0 Å². The zero-order valence-corrected chi connectivity index (χ0v) is 13.1. The average molecular weight is 279 g/mol. The quantitative estimate of drug-likeness (QED) is 0.733. The number of unbranched alkanes of at least 4 members (excludes halogenated alkanes) is 2. The second kappa shape index (κ2) is 7.41. The molecule has 2 nitrogen and oxygen atoms in total. The highest BCUT2D eigenvalue weighted by molar-refractivity contribution is 5.94. The van der Waals surface area contributed by atoms with Crippen LogP contribution >= 0.6 is 0 Å². The molecular weight excluding hydrogens is 253 g/mol. The van der Waals surface area contributed by atoms with Gasteiger partial charge in [-0.15, -0.1) is 0 Å². The molecule has 0 aliphatic rings. The number of aryl methyl sites for hydroxylation is 1. The van der Waals surface area contributed by atoms with Crippen molar-refractivity contribution in [1.82, 2.24) is 5.32 Å². The first-order valence-corrected chi connectivity index (χ1v) is 7.40. The SMILES string of the molecule is CCCCCC(C)(C)CNC(=O)c1cc(C)ccc1F. The molecule has 0 atom stereocenters. The lowest BCUT2D eigenvalue weighted by Crippen LogP contribution is -2.34. The van der Waals surface area contributed by atoms with Crippen LogP contribution in [0.1, 0.15) is 62.4 Å². The minimum atomic E-state index is -0.461. The Morgan fingerprint density at radius 2 is 2.00 bits per heavy atom. The number of rotatable bonds is 7. The van der Waals surface area contributed by atoms with E-state index in [2.05, 4.69) is 26.1 Å². The van der Waals surface area contributed by atoms with Crippen molar-refractivity contribution in [3.05, 3.63) is 35.1 Å². The number of hydrogen-bond acceptors (Lipinski definition) is 1. The van der Waals surface area contributed by atoms with E-state index >= 15 is 0 Å². The van der Waals surface area contributed by atoms with E-state index in [0.717, 1.165) is 18.4 Å². The Morgan fingerprint density at radius 1 is 1.30 bits per heavy atom. The highest BCUT2D eigenvalue weighted by atomic mass is 19.1. The Labute approximate surface area is 121 Å². The van der Waals surface area contributed by atoms with Crippen LogP contribution in [0.25, 0.3) is 0 Å². The molecule has 20 heavy (non-hydrogen) atoms. The summed E-state index contributed by atoms with van der Waals surface area (Å²) in [5.74, 6) is -0.786. The predicted octanol–water partition coefficient (Wildman–Crippen LogP) is 4.47. The normalized spacial score (nSPS) is 11.4. The Kier molecular flexibility index (Phi) is 6.18. The van der Waals surface area contributed by atoms with E-state index in [0.29, 0.717) is 6.54 Å². The Bertz CT molecular complexity index is 454. The van der Waals surface area contributed by atoms with Gasteiger partial charge in [-0.05, 0) is 30.9 Å². The van der Waals surface area contributed by atoms with Gasteiger partial charge in [0.2, 0.25) is 0 Å². The van der Waals surface area contributed by atoms with Crippen molar-refractivity contribution >= 4 is 5.91 Å². The van der Waals surface area contributed by atoms with Gasteiger partial charge in [0.15, 0.2) is 0 Å². The summed E-state index contributed by atoms with van der Waals surface area (Å²) in [6, 6.07) is 4.60. The van der Waals surface area contributed by atoms with Gasteiger partial charge in [0.05, 0.1) is 5.56 Å². The van der Waals surface area contributed by atoms with Gasteiger partial charge in [-0.1, -0.05) is 51.7 Å². The molecule has 3 heteroatoms. The summed E-state index contributed by atoms with van der Waals surface area (Å²) in [6.07, 6.45) is 4.64. The van der Waals surface area contributed by atoms with Crippen molar-refractivity contribution in [2.45, 2.75) is 53.4 Å². The molecular formula is C17H26FNO. The van der Waals surface area contributed by atoms with Gasteiger partial charge < -0.3 is 5.32 Å². The lowest BCUT2D eigenvalue weighted by Gasteiger charge is -2.25. The van der Waals surface area contributed by atoms with E-state index in [1.165, 1.54) is 18.9 Å². The fraction of sp³-hybridized carbons (Fsp3) is 0.588. The summed E-state index contributed by atoms with van der Waals surface area (Å²) in [4.78, 5) is 12.0. The van der Waals surface area contributed by atoms with Crippen molar-refractivity contribution in [2.24, 2.45) is 5.41 Å². The van der Waals surface area contributed by atoms with E-state index in [9.17, 15) is 9.18 Å². The van der Waals surface area contributed by atoms with Crippen LogP contribution in [0.5, 0.6) is 0 Å². The molecule has 112 valence electrons. The standard InChI is InChI=1S/C17H26FNO/c1-5-6-7-10-17(3,4)12-19-16(20)14-11-13(2)8-9-15(14)18/h8-9,11H,5-7,10,12H2,1-4H3,(H,19,20). The fourth-order valence-corrected chi connectivity index (χ4v) is 2.17. The van der Waals surface area contributed by atoms with E-state index in [1.54, 1.807) is 12.1 Å². The maximum Gasteiger partial charge on any atom is 0.254 e. The number of carbonyl (C=O) groups excluding carboxylic acids is 1. The third-order valence-electron chi connectivity index (χ3n) is 3.55. The molecule has 0 saturated heterocycles. The van der Waals surface area contributed by atoms with Crippen LogP contribution < -0.4 is 5.32 Å². The fourth-order valence-electron chi connectivity index (χ4n) is 2.17. The third-order valence-corrected chi connectivity index (χ3v) is 3.55. The first-order valence-electron chi connectivity index (χ1n) is 7.40. The zero-order valence-electron chi connectivity index (χ0n) is 13.1. The van der Waals surface area contributed by atoms with E-state index in [4.69, 9.17) is 0 Å². The molecule has 0 unspecified atom stereocenters. The zero-order chi connectivity index (χ0) is 15.2. The van der Waals surface area contributed by atoms with Crippen LogP contribution in [0.15, 0.2) is 18.2 Å². The lowest BCUT2D eigenvalue weighted by atomic mass is 9.87. The molecule has 0 spiro atoms. The predicted molar refractivity (Wildman–Crippen MR) is 81.4 cm³/mol. The first kappa shape index (κ1) is 16.7. The van der Waals surface area contributed by atoms with Crippen LogP contribution in [0.3, 0.4) is 0 Å². The second-order valence-corrected chi connectivity index (χ2v) is 6.29. The number of amides is 1. The number of halogens is 1. The van der Waals surface area contributed by atoms with Crippen molar-refractivity contribution in [3.63, 3.8) is 0 Å². The van der Waals surface area contributed by atoms with Crippen LogP contribution in [0, 0.1) is 18.2 Å². The molecule has 1 N–H and O–H groups in total. The van der Waals surface area contributed by atoms with Gasteiger partial charge in [-0.2, -0.15) is 0 Å². The number of hydrogen-bond donors (Lipinski definition) is 1. The average Bonchev–Trinajstić information content (AvgIpc) is 2.39. The minimum Gasteiger partial charge on any atom is -0.351 e. The molecule has 0 fully saturated rings. The minimum absolute atomic E-state index is 0.0468. The summed E-state index contributed by atoms with van der Waals surface area (Å²) in [6.45, 7) is 8.87. The molecule has 0 heterocycles. The van der Waals surface area contributed by atoms with Crippen LogP contribution in [0.4, 0.5) is 4.39 Å². The summed E-state index contributed by atoms with van der Waals surface area (Å²) in [7, 11) is 0. The topological polar surface area (TPSA) is 29.1 Å². The smallest absolute Gasteiger partial charge is 0.254 e. The molecule has 1 aromatic rings. The van der Waals surface area contributed by atoms with Gasteiger partial charge in [0.25, 0.3) is 5.91 Å². The highest BCUT2D eigenvalue weighted by Gasteiger charge is 2.20. The Hall–Kier alpha value is -1.38. The molecule has 0 aliphatic carbocycles. The summed E-state index contributed by atoms with van der Waals surface area (Å²) >= 11 is 0. The van der Waals surface area contributed by atoms with Gasteiger partial charge in [-0.25, -0.2) is 4.39 Å². The largest absolute Gasteiger partial charge is 0.351 e. The molecule has 1 amide bonds. The van der Waals surface area contributed by atoms with E-state index in [-0.39, 0.29) is 16.9 Å². The van der Waals surface area contributed by atoms with E-state index < -0.39 is 5.82 Å². The van der Waals surface area contributed by atoms with Crippen LogP contribution in [0.2, 0.25) is 0 Å². The third kappa shape index (κ3) is 5.32. The van der Waals surface area contributed by atoms with Gasteiger partial charge >= 0.3 is 0 Å². The van der Waals surface area contributed by atoms with Gasteiger partial charge in [0, 0.05) is 6.54 Å². The Balaban J connectivity index is 2.56. The molecule has 0 radical (unpaired) electrons. The monoisotopic (exact) mass is 279 g/mol. The molecule has 0 saturated carbocycles. The number of carbonyl (C=O) groups is 1. The summed E-state index contributed by atoms with van der Waals surface area (Å²) in [5, 5.41) is 2.86. The maximum atomic E-state index is 13.6. The van der Waals surface area contributed by atoms with Crippen LogP contribution in [-0.4, -0.2) is 12.5 Å². The van der Waals surface area contributed by atoms with Gasteiger partial charge in [-0.3, -0.25) is 4.79 Å². The van der Waals surface area contributed by atoms with E-state index in [1.807, 2.05) is 6.92 Å². The molecule has 0 bridgehead atoms. The maximum absolute atomic E-state index is 13.6. The summed E-state index contributed by atoms with van der Waals surface area (Å²) in [5.41, 5.74) is 1.07. The highest BCUT2D eigenvalue weighted by Crippen LogP contribution is 2.23. The van der Waals surface area contributed by atoms with Crippen molar-refractivity contribution in [1.29, 1.82) is 0 Å². The second-order valence-electron chi connectivity index (χ2n) is 6.29. The summed E-state index contributed by atoms with van der Waals surface area (Å²) < 4.78 is 13.6. The van der Waals surface area contributed by atoms with Crippen molar-refractivity contribution in [3.8, 4) is 0 Å².